The minimum absolute atomic E-state index is 0.0198. The Kier molecular flexibility index (Phi) is 11.9. The number of para-hydroxylation sites is 1. The Hall–Kier alpha value is -3.14. The Bertz CT molecular complexity index is 929. The summed E-state index contributed by atoms with van der Waals surface area (Å²) < 4.78 is 10.9. The number of carbonyl (C=O) groups excluding carboxylic acids is 3. The fourth-order valence-corrected chi connectivity index (χ4v) is 3.41. The molecule has 0 radical (unpaired) electrons. The molecule has 2 aromatic rings. The topological polar surface area (TPSA) is 110 Å². The molecule has 2 rings (SSSR count). The highest BCUT2D eigenvalue weighted by molar-refractivity contribution is 9.10. The minimum Gasteiger partial charge on any atom is -0.448 e. The Morgan fingerprint density at radius 2 is 1.82 bits per heavy atom. The molecule has 184 valence electrons. The average Bonchev–Trinajstić information content (AvgIpc) is 2.83. The van der Waals surface area contributed by atoms with Gasteiger partial charge in [0.15, 0.2) is 0 Å². The smallest absolute Gasteiger partial charge is 0.407 e. The Morgan fingerprint density at radius 1 is 1.09 bits per heavy atom. The zero-order chi connectivity index (χ0) is 24.8. The summed E-state index contributed by atoms with van der Waals surface area (Å²) >= 11 is 3.32. The van der Waals surface area contributed by atoms with Crippen LogP contribution in [-0.2, 0) is 9.47 Å². The van der Waals surface area contributed by atoms with Gasteiger partial charge in [-0.05, 0) is 47.5 Å². The summed E-state index contributed by atoms with van der Waals surface area (Å²) in [6.45, 7) is 4.27. The van der Waals surface area contributed by atoms with Crippen LogP contribution in [0.3, 0.4) is 0 Å². The monoisotopic (exact) mass is 534 g/mol. The molecule has 0 spiro atoms. The number of hydrogen-bond acceptors (Lipinski definition) is 6. The molecular weight excluding hydrogens is 504 g/mol. The third kappa shape index (κ3) is 9.78. The lowest BCUT2D eigenvalue weighted by molar-refractivity contribution is 0.0972. The first-order valence-corrected chi connectivity index (χ1v) is 12.0. The van der Waals surface area contributed by atoms with Crippen molar-refractivity contribution in [3.8, 4) is 0 Å². The van der Waals surface area contributed by atoms with Gasteiger partial charge >= 0.3 is 12.2 Å². The van der Waals surface area contributed by atoms with Crippen LogP contribution in [0.2, 0.25) is 0 Å². The maximum Gasteiger partial charge on any atom is 0.407 e. The highest BCUT2D eigenvalue weighted by Gasteiger charge is 2.19. The van der Waals surface area contributed by atoms with E-state index < -0.39 is 12.2 Å². The highest BCUT2D eigenvalue weighted by Crippen LogP contribution is 2.18. The van der Waals surface area contributed by atoms with Gasteiger partial charge in [0, 0.05) is 28.6 Å². The number of benzene rings is 1. The molecule has 3 amide bonds. The number of alkyl carbamates (subject to hydrolysis) is 2. The normalized spacial score (nSPS) is 11.3. The molecule has 0 aliphatic heterocycles. The van der Waals surface area contributed by atoms with E-state index in [1.54, 1.807) is 24.4 Å². The third-order valence-electron chi connectivity index (χ3n) is 4.77. The van der Waals surface area contributed by atoms with Crippen LogP contribution in [0.4, 0.5) is 15.3 Å². The second-order valence-electron chi connectivity index (χ2n) is 7.57. The van der Waals surface area contributed by atoms with E-state index in [2.05, 4.69) is 38.5 Å². The van der Waals surface area contributed by atoms with E-state index in [0.717, 1.165) is 19.3 Å². The van der Waals surface area contributed by atoms with E-state index in [1.165, 1.54) is 11.1 Å². The Morgan fingerprint density at radius 3 is 2.53 bits per heavy atom. The largest absolute Gasteiger partial charge is 0.448 e. The van der Waals surface area contributed by atoms with E-state index in [9.17, 15) is 14.4 Å². The molecule has 0 fully saturated rings. The van der Waals surface area contributed by atoms with E-state index in [1.807, 2.05) is 25.1 Å². The van der Waals surface area contributed by atoms with Crippen molar-refractivity contribution in [3.63, 3.8) is 0 Å². The average molecular weight is 535 g/mol. The Labute approximate surface area is 208 Å². The summed E-state index contributed by atoms with van der Waals surface area (Å²) in [5, 5.41) is 5.26. The molecule has 34 heavy (non-hydrogen) atoms. The maximum absolute atomic E-state index is 13.0. The second kappa shape index (κ2) is 14.9. The fourth-order valence-electron chi connectivity index (χ4n) is 3.04. The maximum atomic E-state index is 13.0. The van der Waals surface area contributed by atoms with Gasteiger partial charge in [0.25, 0.3) is 5.91 Å². The van der Waals surface area contributed by atoms with Gasteiger partial charge < -0.3 is 25.0 Å². The number of unbranched alkanes of at least 4 members (excludes halogenated alkanes) is 1. The molecule has 9 nitrogen and oxygen atoms in total. The first-order chi connectivity index (χ1) is 16.4. The number of rotatable bonds is 12. The number of halogens is 1. The van der Waals surface area contributed by atoms with Crippen molar-refractivity contribution in [2.75, 3.05) is 31.2 Å². The van der Waals surface area contributed by atoms with Crippen molar-refractivity contribution in [1.29, 1.82) is 0 Å². The molecule has 0 bridgehead atoms. The number of nitrogens with one attached hydrogen (secondary N) is 2. The second-order valence-corrected chi connectivity index (χ2v) is 8.49. The number of aromatic nitrogens is 1. The zero-order valence-electron chi connectivity index (χ0n) is 19.5. The van der Waals surface area contributed by atoms with Gasteiger partial charge in [0.05, 0.1) is 18.7 Å². The molecule has 0 aliphatic carbocycles. The van der Waals surface area contributed by atoms with E-state index >= 15 is 0 Å². The molecule has 1 heterocycles. The molecule has 1 atom stereocenters. The van der Waals surface area contributed by atoms with Gasteiger partial charge in [0.1, 0.15) is 13.2 Å². The molecule has 1 aromatic heterocycles. The number of nitrogens with zero attached hydrogens (tertiary/aromatic N) is 2. The van der Waals surface area contributed by atoms with Crippen LogP contribution in [0, 0.1) is 0 Å². The van der Waals surface area contributed by atoms with Crippen LogP contribution in [0.5, 0.6) is 0 Å². The molecule has 1 unspecified atom stereocenters. The molecule has 0 saturated heterocycles. The fraction of sp³-hybridized carbons (Fsp3) is 0.417. The first kappa shape index (κ1) is 27.1. The number of pyridine rings is 1. The van der Waals surface area contributed by atoms with Crippen molar-refractivity contribution in [3.05, 3.63) is 58.8 Å². The predicted molar refractivity (Wildman–Crippen MR) is 133 cm³/mol. The summed E-state index contributed by atoms with van der Waals surface area (Å²) in [6.07, 6.45) is 4.88. The van der Waals surface area contributed by atoms with Crippen molar-refractivity contribution in [1.82, 2.24) is 15.6 Å². The predicted octanol–water partition coefficient (Wildman–Crippen LogP) is 4.52. The summed E-state index contributed by atoms with van der Waals surface area (Å²) in [4.78, 5) is 42.3. The first-order valence-electron chi connectivity index (χ1n) is 11.2. The summed E-state index contributed by atoms with van der Waals surface area (Å²) in [5.74, 6) is -0.267. The minimum atomic E-state index is -0.662. The van der Waals surface area contributed by atoms with E-state index in [-0.39, 0.29) is 38.3 Å². The van der Waals surface area contributed by atoms with Crippen molar-refractivity contribution in [2.45, 2.75) is 39.2 Å². The van der Waals surface area contributed by atoms with Gasteiger partial charge in [-0.1, -0.05) is 38.0 Å². The van der Waals surface area contributed by atoms with E-state index in [4.69, 9.17) is 9.47 Å². The van der Waals surface area contributed by atoms with Crippen LogP contribution in [0.25, 0.3) is 0 Å². The molecular formula is C24H31BrN4O5. The molecule has 2 N–H and O–H groups in total. The van der Waals surface area contributed by atoms with Gasteiger partial charge in [-0.2, -0.15) is 0 Å². The lowest BCUT2D eigenvalue weighted by Gasteiger charge is -2.23. The highest BCUT2D eigenvalue weighted by atomic mass is 79.9. The van der Waals surface area contributed by atoms with Crippen LogP contribution in [-0.4, -0.2) is 55.4 Å². The quantitative estimate of drug-likeness (QED) is 0.387. The number of ether oxygens (including phenoxy) is 2. The molecule has 1 aromatic carbocycles. The van der Waals surface area contributed by atoms with Crippen LogP contribution < -0.4 is 15.5 Å². The van der Waals surface area contributed by atoms with E-state index in [0.29, 0.717) is 15.7 Å². The van der Waals surface area contributed by atoms with Crippen LogP contribution >= 0.6 is 15.9 Å². The molecule has 10 heteroatoms. The van der Waals surface area contributed by atoms with Gasteiger partial charge in [0.2, 0.25) is 0 Å². The summed E-state index contributed by atoms with van der Waals surface area (Å²) in [5.41, 5.74) is 1.08. The van der Waals surface area contributed by atoms with Crippen molar-refractivity contribution in [2.24, 2.45) is 0 Å². The standard InChI is InChI=1S/C24H31BrN4O5/c1-3-4-8-18(2)28-24(32)33-13-11-27-23(31)34-14-12-29(21-9-6-5-7-10-21)22(30)19-15-20(25)17-26-16-19/h5-7,9-10,15-18H,3-4,8,11-14H2,1-2H3,(H,27,31)(H,28,32). The van der Waals surface area contributed by atoms with Gasteiger partial charge in [-0.3, -0.25) is 9.78 Å². The van der Waals surface area contributed by atoms with Crippen LogP contribution in [0.15, 0.2) is 53.3 Å². The molecule has 0 saturated carbocycles. The lowest BCUT2D eigenvalue weighted by Crippen LogP contribution is -2.37. The van der Waals surface area contributed by atoms with Crippen molar-refractivity contribution < 1.29 is 23.9 Å². The Balaban J connectivity index is 1.77. The lowest BCUT2D eigenvalue weighted by atomic mass is 10.1. The van der Waals surface area contributed by atoms with Crippen molar-refractivity contribution >= 4 is 39.7 Å². The number of carbonyl (C=O) groups is 3. The summed E-state index contributed by atoms with van der Waals surface area (Å²) in [6, 6.07) is 10.8. The van der Waals surface area contributed by atoms with Gasteiger partial charge in [-0.15, -0.1) is 0 Å². The number of anilines is 1. The zero-order valence-corrected chi connectivity index (χ0v) is 21.0. The van der Waals surface area contributed by atoms with Gasteiger partial charge in [-0.25, -0.2) is 9.59 Å². The number of hydrogen-bond donors (Lipinski definition) is 2. The number of amides is 3. The summed E-state index contributed by atoms with van der Waals surface area (Å²) in [7, 11) is 0. The molecule has 0 aliphatic rings. The van der Waals surface area contributed by atoms with Crippen LogP contribution in [0.1, 0.15) is 43.5 Å². The SMILES string of the molecule is CCCCC(C)NC(=O)OCCNC(=O)OCCN(C(=O)c1cncc(Br)c1)c1ccccc1. The third-order valence-corrected chi connectivity index (χ3v) is 5.21.